The third-order valence-electron chi connectivity index (χ3n) is 4.28. The van der Waals surface area contributed by atoms with Crippen molar-refractivity contribution in [3.63, 3.8) is 0 Å². The Hall–Kier alpha value is -3.14. The van der Waals surface area contributed by atoms with Gasteiger partial charge in [-0.3, -0.25) is 14.4 Å². The second-order valence-electron chi connectivity index (χ2n) is 6.52. The van der Waals surface area contributed by atoms with E-state index in [4.69, 9.17) is 21.1 Å². The summed E-state index contributed by atoms with van der Waals surface area (Å²) >= 11 is 5.81. The first-order chi connectivity index (χ1) is 15.0. The maximum atomic E-state index is 12.7. The van der Waals surface area contributed by atoms with Gasteiger partial charge in [-0.05, 0) is 37.3 Å². The average molecular weight is 474 g/mol. The Morgan fingerprint density at radius 1 is 1.12 bits per heavy atom. The largest absolute Gasteiger partial charge is 0.483 e. The molecule has 0 N–H and O–H groups in total. The van der Waals surface area contributed by atoms with Crippen LogP contribution in [0, 0.1) is 5.92 Å². The van der Waals surface area contributed by atoms with Gasteiger partial charge in [-0.25, -0.2) is 4.98 Å². The summed E-state index contributed by atoms with van der Waals surface area (Å²) in [6.07, 6.45) is -5.14. The third kappa shape index (κ3) is 6.19. The van der Waals surface area contributed by atoms with Gasteiger partial charge in [-0.15, -0.1) is 0 Å². The molecule has 0 saturated heterocycles. The summed E-state index contributed by atoms with van der Waals surface area (Å²) in [6, 6.07) is 6.37. The standard InChI is InChI=1S/C21H19ClF3NO6/c1-4-16(27)17(20(29)30-3)18(28)11(2)31-13-5-7-14(8-6-13)32-19-15(22)9-12(10-26-19)21(23,24)25/h5-11,17H,4H2,1-3H3. The highest BCUT2D eigenvalue weighted by Gasteiger charge is 2.37. The molecule has 172 valence electrons. The van der Waals surface area contributed by atoms with E-state index >= 15 is 0 Å². The number of ketones is 2. The zero-order valence-corrected chi connectivity index (χ0v) is 18.0. The molecule has 2 rings (SSSR count). The number of aromatic nitrogens is 1. The minimum absolute atomic E-state index is 0.0230. The molecule has 0 radical (unpaired) electrons. The van der Waals surface area contributed by atoms with Gasteiger partial charge in [0, 0.05) is 12.6 Å². The molecule has 1 heterocycles. The molecule has 0 spiro atoms. The van der Waals surface area contributed by atoms with Crippen molar-refractivity contribution >= 4 is 29.1 Å². The Morgan fingerprint density at radius 2 is 1.72 bits per heavy atom. The summed E-state index contributed by atoms with van der Waals surface area (Å²) < 4.78 is 53.5. The number of rotatable bonds is 9. The van der Waals surface area contributed by atoms with Crippen LogP contribution in [0.25, 0.3) is 0 Å². The molecule has 32 heavy (non-hydrogen) atoms. The normalized spacial score (nSPS) is 13.1. The summed E-state index contributed by atoms with van der Waals surface area (Å²) in [7, 11) is 1.08. The summed E-state index contributed by atoms with van der Waals surface area (Å²) in [6.45, 7) is 2.91. The maximum Gasteiger partial charge on any atom is 0.417 e. The van der Waals surface area contributed by atoms with E-state index in [1.165, 1.54) is 38.1 Å². The van der Waals surface area contributed by atoms with Crippen molar-refractivity contribution in [1.82, 2.24) is 4.98 Å². The van der Waals surface area contributed by atoms with E-state index in [-0.39, 0.29) is 28.8 Å². The highest BCUT2D eigenvalue weighted by atomic mass is 35.5. The fourth-order valence-electron chi connectivity index (χ4n) is 2.58. The highest BCUT2D eigenvalue weighted by Crippen LogP contribution is 2.35. The molecule has 0 amide bonds. The first-order valence-corrected chi connectivity index (χ1v) is 9.67. The highest BCUT2D eigenvalue weighted by molar-refractivity contribution is 6.31. The maximum absolute atomic E-state index is 12.7. The van der Waals surface area contributed by atoms with Crippen LogP contribution in [0.4, 0.5) is 13.2 Å². The zero-order chi connectivity index (χ0) is 24.1. The van der Waals surface area contributed by atoms with Crippen molar-refractivity contribution in [3.8, 4) is 17.4 Å². The lowest BCUT2D eigenvalue weighted by molar-refractivity contribution is -0.155. The molecule has 1 aromatic carbocycles. The van der Waals surface area contributed by atoms with E-state index in [1.807, 2.05) is 0 Å². The van der Waals surface area contributed by atoms with Gasteiger partial charge in [0.25, 0.3) is 0 Å². The quantitative estimate of drug-likeness (QED) is 0.386. The van der Waals surface area contributed by atoms with Crippen LogP contribution in [0.5, 0.6) is 17.4 Å². The lowest BCUT2D eigenvalue weighted by Crippen LogP contribution is -2.40. The summed E-state index contributed by atoms with van der Waals surface area (Å²) in [4.78, 5) is 39.9. The van der Waals surface area contributed by atoms with Gasteiger partial charge in [0.15, 0.2) is 23.6 Å². The van der Waals surface area contributed by atoms with Gasteiger partial charge < -0.3 is 14.2 Å². The van der Waals surface area contributed by atoms with Crippen LogP contribution in [-0.2, 0) is 25.3 Å². The van der Waals surface area contributed by atoms with Crippen molar-refractivity contribution in [1.29, 1.82) is 0 Å². The Morgan fingerprint density at radius 3 is 2.22 bits per heavy atom. The first kappa shape index (κ1) is 25.1. The SMILES string of the molecule is CCC(=O)C(C(=O)OC)C(=O)C(C)Oc1ccc(Oc2ncc(C(F)(F)F)cc2Cl)cc1. The van der Waals surface area contributed by atoms with E-state index in [0.717, 1.165) is 7.11 Å². The van der Waals surface area contributed by atoms with Crippen molar-refractivity contribution in [2.24, 2.45) is 5.92 Å². The predicted octanol–water partition coefficient (Wildman–Crippen LogP) is 4.65. The van der Waals surface area contributed by atoms with Crippen LogP contribution in [-0.4, -0.2) is 35.7 Å². The minimum atomic E-state index is -4.59. The summed E-state index contributed by atoms with van der Waals surface area (Å²) in [5, 5.41) is -0.325. The van der Waals surface area contributed by atoms with E-state index in [0.29, 0.717) is 12.3 Å². The zero-order valence-electron chi connectivity index (χ0n) is 17.2. The molecular formula is C21H19ClF3NO6. The van der Waals surface area contributed by atoms with Gasteiger partial charge >= 0.3 is 12.1 Å². The van der Waals surface area contributed by atoms with E-state index in [2.05, 4.69) is 9.72 Å². The smallest absolute Gasteiger partial charge is 0.417 e. The second kappa shape index (κ2) is 10.4. The Bertz CT molecular complexity index is 978. The Labute approximate surface area is 186 Å². The van der Waals surface area contributed by atoms with Gasteiger partial charge in [0.1, 0.15) is 16.5 Å². The van der Waals surface area contributed by atoms with Crippen LogP contribution >= 0.6 is 11.6 Å². The molecule has 0 aliphatic rings. The Balaban J connectivity index is 2.08. The predicted molar refractivity (Wildman–Crippen MR) is 107 cm³/mol. The van der Waals surface area contributed by atoms with Gasteiger partial charge in [0.2, 0.25) is 5.88 Å². The summed E-state index contributed by atoms with van der Waals surface area (Å²) in [5.74, 6) is -3.67. The molecule has 0 aliphatic heterocycles. The molecule has 2 atom stereocenters. The number of halogens is 4. The van der Waals surface area contributed by atoms with Crippen LogP contribution < -0.4 is 9.47 Å². The summed E-state index contributed by atoms with van der Waals surface area (Å²) in [5.41, 5.74) is -1.01. The first-order valence-electron chi connectivity index (χ1n) is 9.29. The fraction of sp³-hybridized carbons (Fsp3) is 0.333. The number of hydrogen-bond acceptors (Lipinski definition) is 7. The van der Waals surface area contributed by atoms with Crippen molar-refractivity contribution in [3.05, 3.63) is 47.1 Å². The van der Waals surface area contributed by atoms with Crippen LogP contribution in [0.15, 0.2) is 36.5 Å². The van der Waals surface area contributed by atoms with Crippen LogP contribution in [0.2, 0.25) is 5.02 Å². The Kier molecular flexibility index (Phi) is 8.20. The molecule has 11 heteroatoms. The third-order valence-corrected chi connectivity index (χ3v) is 4.55. The monoisotopic (exact) mass is 473 g/mol. The molecule has 2 aromatic rings. The number of esters is 1. The molecule has 0 bridgehead atoms. The van der Waals surface area contributed by atoms with E-state index < -0.39 is 41.3 Å². The number of alkyl halides is 3. The molecule has 0 aliphatic carbocycles. The van der Waals surface area contributed by atoms with Crippen LogP contribution in [0.3, 0.4) is 0 Å². The average Bonchev–Trinajstić information content (AvgIpc) is 2.75. The lowest BCUT2D eigenvalue weighted by Gasteiger charge is -2.18. The van der Waals surface area contributed by atoms with Gasteiger partial charge in [-0.1, -0.05) is 18.5 Å². The van der Waals surface area contributed by atoms with E-state index in [9.17, 15) is 27.6 Å². The molecule has 0 fully saturated rings. The molecule has 2 unspecified atom stereocenters. The fourth-order valence-corrected chi connectivity index (χ4v) is 2.78. The number of nitrogens with zero attached hydrogens (tertiary/aromatic N) is 1. The topological polar surface area (TPSA) is 91.8 Å². The molecular weight excluding hydrogens is 455 g/mol. The van der Waals surface area contributed by atoms with Crippen molar-refractivity contribution in [2.75, 3.05) is 7.11 Å². The minimum Gasteiger partial charge on any atom is -0.483 e. The van der Waals surface area contributed by atoms with Gasteiger partial charge in [0.05, 0.1) is 12.7 Å². The number of methoxy groups -OCH3 is 1. The van der Waals surface area contributed by atoms with Crippen LogP contribution in [0.1, 0.15) is 25.8 Å². The number of Topliss-reactive ketones (excluding diaryl/α,β-unsaturated/α-hetero) is 2. The lowest BCUT2D eigenvalue weighted by atomic mass is 9.94. The van der Waals surface area contributed by atoms with Gasteiger partial charge in [-0.2, -0.15) is 13.2 Å². The number of benzene rings is 1. The van der Waals surface area contributed by atoms with E-state index in [1.54, 1.807) is 0 Å². The second-order valence-corrected chi connectivity index (χ2v) is 6.93. The molecule has 7 nitrogen and oxygen atoms in total. The van der Waals surface area contributed by atoms with Crippen molar-refractivity contribution < 1.29 is 41.8 Å². The number of pyridine rings is 1. The number of carbonyl (C=O) groups is 3. The number of hydrogen-bond donors (Lipinski definition) is 0. The van der Waals surface area contributed by atoms with Crippen molar-refractivity contribution in [2.45, 2.75) is 32.5 Å². The molecule has 1 aromatic heterocycles. The number of carbonyl (C=O) groups excluding carboxylic acids is 3. The number of ether oxygens (including phenoxy) is 3. The molecule has 0 saturated carbocycles.